The molecule has 2 aromatic rings. The molecule has 0 aliphatic heterocycles. The van der Waals surface area contributed by atoms with Crippen molar-refractivity contribution in [3.05, 3.63) is 46.8 Å². The highest BCUT2D eigenvalue weighted by Crippen LogP contribution is 2.23. The molecule has 1 amide bonds. The van der Waals surface area contributed by atoms with Gasteiger partial charge in [-0.15, -0.1) is 0 Å². The Kier molecular flexibility index (Phi) is 5.54. The van der Waals surface area contributed by atoms with Crippen LogP contribution in [0.3, 0.4) is 0 Å². The van der Waals surface area contributed by atoms with Gasteiger partial charge in [-0.3, -0.25) is 9.48 Å². The van der Waals surface area contributed by atoms with E-state index in [0.29, 0.717) is 0 Å². The van der Waals surface area contributed by atoms with Gasteiger partial charge in [0.2, 0.25) is 0 Å². The monoisotopic (exact) mass is 337 g/mol. The second-order valence-electron chi connectivity index (χ2n) is 5.81. The van der Waals surface area contributed by atoms with E-state index < -0.39 is 18.0 Å². The molecule has 1 atom stereocenters. The summed E-state index contributed by atoms with van der Waals surface area (Å²) in [6, 6.07) is 5.48. The molecule has 0 saturated heterocycles. The third-order valence-corrected chi connectivity index (χ3v) is 3.57. The van der Waals surface area contributed by atoms with Gasteiger partial charge in [-0.1, -0.05) is 18.2 Å². The van der Waals surface area contributed by atoms with Crippen LogP contribution in [0.5, 0.6) is 5.75 Å². The first-order valence-electron chi connectivity index (χ1n) is 7.61. The largest absolute Gasteiger partial charge is 0.491 e. The maximum atomic E-state index is 12.9. The van der Waals surface area contributed by atoms with Crippen LogP contribution in [0.4, 0.5) is 8.78 Å². The molecule has 130 valence electrons. The highest BCUT2D eigenvalue weighted by Gasteiger charge is 2.23. The fourth-order valence-corrected chi connectivity index (χ4v) is 2.42. The summed E-state index contributed by atoms with van der Waals surface area (Å²) in [7, 11) is 1.50. The maximum absolute atomic E-state index is 12.9. The number of para-hydroxylation sites is 1. The van der Waals surface area contributed by atoms with Crippen molar-refractivity contribution in [2.75, 3.05) is 6.61 Å². The zero-order valence-electron chi connectivity index (χ0n) is 14.1. The molecule has 0 fully saturated rings. The van der Waals surface area contributed by atoms with Crippen LogP contribution in [0.2, 0.25) is 0 Å². The summed E-state index contributed by atoms with van der Waals surface area (Å²) in [6.45, 7) is 5.87. The van der Waals surface area contributed by atoms with Gasteiger partial charge in [0.25, 0.3) is 12.3 Å². The van der Waals surface area contributed by atoms with Gasteiger partial charge in [0.05, 0.1) is 11.6 Å². The summed E-state index contributed by atoms with van der Waals surface area (Å²) < 4.78 is 32.8. The predicted molar refractivity (Wildman–Crippen MR) is 86.5 cm³/mol. The van der Waals surface area contributed by atoms with Gasteiger partial charge in [-0.05, 0) is 31.9 Å². The summed E-state index contributed by atoms with van der Waals surface area (Å²) in [5, 5.41) is 6.29. The lowest BCUT2D eigenvalue weighted by atomic mass is 10.1. The van der Waals surface area contributed by atoms with Crippen LogP contribution in [0.15, 0.2) is 24.4 Å². The normalized spacial score (nSPS) is 12.3. The average Bonchev–Trinajstić information content (AvgIpc) is 2.89. The van der Waals surface area contributed by atoms with E-state index in [1.54, 1.807) is 6.92 Å². The predicted octanol–water partition coefficient (Wildman–Crippen LogP) is 3.17. The Bertz CT molecular complexity index is 708. The van der Waals surface area contributed by atoms with Crippen molar-refractivity contribution in [2.24, 2.45) is 7.05 Å². The number of alkyl halides is 2. The lowest BCUT2D eigenvalue weighted by Crippen LogP contribution is -2.37. The molecular weight excluding hydrogens is 316 g/mol. The van der Waals surface area contributed by atoms with Crippen molar-refractivity contribution in [3.8, 4) is 5.75 Å². The highest BCUT2D eigenvalue weighted by molar-refractivity contribution is 5.95. The van der Waals surface area contributed by atoms with Crippen molar-refractivity contribution >= 4 is 5.91 Å². The Morgan fingerprint density at radius 1 is 1.33 bits per heavy atom. The van der Waals surface area contributed by atoms with Crippen molar-refractivity contribution in [2.45, 2.75) is 33.2 Å². The third-order valence-electron chi connectivity index (χ3n) is 3.57. The minimum Gasteiger partial charge on any atom is -0.491 e. The van der Waals surface area contributed by atoms with Gasteiger partial charge in [0.15, 0.2) is 0 Å². The van der Waals surface area contributed by atoms with E-state index in [1.165, 1.54) is 17.9 Å². The number of rotatable bonds is 6. The van der Waals surface area contributed by atoms with Crippen LogP contribution in [0.25, 0.3) is 0 Å². The highest BCUT2D eigenvalue weighted by atomic mass is 19.3. The number of aromatic nitrogens is 2. The number of halogens is 2. The summed E-state index contributed by atoms with van der Waals surface area (Å²) in [5.74, 6) is 0.184. The zero-order valence-corrected chi connectivity index (χ0v) is 14.1. The standard InChI is InChI=1S/C17H21F2N3O2/c1-10-6-5-7-11(2)15(10)24-9-12(3)20-17(23)13-8-22(4)21-14(13)16(18)19/h5-8,12,16H,9H2,1-4H3,(H,20,23). The van der Waals surface area contributed by atoms with Gasteiger partial charge in [-0.25, -0.2) is 8.78 Å². The van der Waals surface area contributed by atoms with Gasteiger partial charge < -0.3 is 10.1 Å². The summed E-state index contributed by atoms with van der Waals surface area (Å²) in [4.78, 5) is 12.2. The maximum Gasteiger partial charge on any atom is 0.282 e. The number of benzene rings is 1. The molecule has 0 bridgehead atoms. The van der Waals surface area contributed by atoms with Gasteiger partial charge in [0, 0.05) is 13.2 Å². The number of hydrogen-bond acceptors (Lipinski definition) is 3. The van der Waals surface area contributed by atoms with E-state index in [4.69, 9.17) is 4.74 Å². The number of carbonyl (C=O) groups excluding carboxylic acids is 1. The molecule has 0 spiro atoms. The Morgan fingerprint density at radius 2 is 1.96 bits per heavy atom. The Balaban J connectivity index is 2.00. The van der Waals surface area contributed by atoms with Gasteiger partial charge in [-0.2, -0.15) is 5.10 Å². The minimum atomic E-state index is -2.80. The van der Waals surface area contributed by atoms with Crippen LogP contribution < -0.4 is 10.1 Å². The molecule has 1 aromatic carbocycles. The van der Waals surface area contributed by atoms with E-state index in [9.17, 15) is 13.6 Å². The van der Waals surface area contributed by atoms with Crippen LogP contribution >= 0.6 is 0 Å². The molecule has 1 aromatic heterocycles. The molecule has 0 saturated carbocycles. The first-order valence-corrected chi connectivity index (χ1v) is 7.61. The molecule has 5 nitrogen and oxygen atoms in total. The SMILES string of the molecule is Cc1cccc(C)c1OCC(C)NC(=O)c1cn(C)nc1C(F)F. The first kappa shape index (κ1) is 17.9. The second-order valence-corrected chi connectivity index (χ2v) is 5.81. The van der Waals surface area contributed by atoms with E-state index in [2.05, 4.69) is 10.4 Å². The van der Waals surface area contributed by atoms with Crippen LogP contribution in [0.1, 0.15) is 40.5 Å². The zero-order chi connectivity index (χ0) is 17.9. The number of nitrogens with zero attached hydrogens (tertiary/aromatic N) is 2. The van der Waals surface area contributed by atoms with E-state index in [-0.39, 0.29) is 18.2 Å². The summed E-state index contributed by atoms with van der Waals surface area (Å²) in [5.41, 5.74) is 1.37. The molecule has 2 rings (SSSR count). The molecule has 0 aliphatic rings. The molecule has 1 unspecified atom stereocenters. The second kappa shape index (κ2) is 7.42. The van der Waals surface area contributed by atoms with Gasteiger partial charge >= 0.3 is 0 Å². The number of aryl methyl sites for hydroxylation is 3. The Labute approximate surface area is 139 Å². The van der Waals surface area contributed by atoms with Gasteiger partial charge in [0.1, 0.15) is 18.1 Å². The minimum absolute atomic E-state index is 0.119. The molecule has 7 heteroatoms. The smallest absolute Gasteiger partial charge is 0.282 e. The van der Waals surface area contributed by atoms with Crippen molar-refractivity contribution in [3.63, 3.8) is 0 Å². The lowest BCUT2D eigenvalue weighted by molar-refractivity contribution is 0.0912. The average molecular weight is 337 g/mol. The Hall–Kier alpha value is -2.44. The van der Waals surface area contributed by atoms with Crippen LogP contribution in [-0.4, -0.2) is 28.3 Å². The van der Waals surface area contributed by atoms with Crippen molar-refractivity contribution in [1.29, 1.82) is 0 Å². The van der Waals surface area contributed by atoms with Crippen LogP contribution in [-0.2, 0) is 7.05 Å². The fourth-order valence-electron chi connectivity index (χ4n) is 2.42. The topological polar surface area (TPSA) is 56.1 Å². The fraction of sp³-hybridized carbons (Fsp3) is 0.412. The molecular formula is C17H21F2N3O2. The summed E-state index contributed by atoms with van der Waals surface area (Å²) >= 11 is 0. The lowest BCUT2D eigenvalue weighted by Gasteiger charge is -2.17. The number of ether oxygens (including phenoxy) is 1. The number of amides is 1. The first-order chi connectivity index (χ1) is 11.3. The van der Waals surface area contributed by atoms with E-state index in [0.717, 1.165) is 16.9 Å². The molecule has 0 aliphatic carbocycles. The molecule has 0 radical (unpaired) electrons. The number of nitrogens with one attached hydrogen (secondary N) is 1. The molecule has 24 heavy (non-hydrogen) atoms. The quantitative estimate of drug-likeness (QED) is 0.881. The van der Waals surface area contributed by atoms with E-state index in [1.807, 2.05) is 32.0 Å². The molecule has 1 N–H and O–H groups in total. The Morgan fingerprint density at radius 3 is 2.54 bits per heavy atom. The van der Waals surface area contributed by atoms with E-state index >= 15 is 0 Å². The summed E-state index contributed by atoms with van der Waals surface area (Å²) in [6.07, 6.45) is -1.51. The van der Waals surface area contributed by atoms with Crippen LogP contribution in [0, 0.1) is 13.8 Å². The third kappa shape index (κ3) is 4.10. The van der Waals surface area contributed by atoms with Crippen molar-refractivity contribution < 1.29 is 18.3 Å². The number of hydrogen-bond donors (Lipinski definition) is 1. The number of carbonyl (C=O) groups is 1. The molecule has 1 heterocycles. The van der Waals surface area contributed by atoms with Crippen molar-refractivity contribution in [1.82, 2.24) is 15.1 Å².